The normalized spacial score (nSPS) is 17.9. The number of benzene rings is 1. The number of hydrogen-bond donors (Lipinski definition) is 1. The molecule has 1 aromatic rings. The lowest BCUT2D eigenvalue weighted by atomic mass is 10.2. The number of nitrogens with one attached hydrogen (secondary N) is 1. The van der Waals surface area contributed by atoms with Crippen LogP contribution in [-0.2, 0) is 4.74 Å². The average molecular weight is 544 g/mol. The van der Waals surface area contributed by atoms with E-state index in [4.69, 9.17) is 4.74 Å². The van der Waals surface area contributed by atoms with E-state index in [0.29, 0.717) is 19.7 Å². The van der Waals surface area contributed by atoms with Crippen molar-refractivity contribution in [3.63, 3.8) is 0 Å². The zero-order valence-electron chi connectivity index (χ0n) is 18.8. The van der Waals surface area contributed by atoms with Crippen molar-refractivity contribution in [1.82, 2.24) is 20.0 Å². The number of ether oxygens (including phenoxy) is 1. The topological polar surface area (TPSA) is 63.7 Å². The maximum Gasteiger partial charge on any atom is 0.409 e. The molecular formula is C22H37IN6O2. The third-order valence-corrected chi connectivity index (χ3v) is 5.74. The Morgan fingerprint density at radius 3 is 2.26 bits per heavy atom. The van der Waals surface area contributed by atoms with Gasteiger partial charge in [0.15, 0.2) is 5.96 Å². The third-order valence-electron chi connectivity index (χ3n) is 5.74. The lowest BCUT2D eigenvalue weighted by molar-refractivity contribution is 0.0914. The van der Waals surface area contributed by atoms with E-state index in [1.807, 2.05) is 14.0 Å². The fraction of sp³-hybridized carbons (Fsp3) is 0.636. The number of para-hydroxylation sites is 1. The van der Waals surface area contributed by atoms with Crippen LogP contribution in [0.4, 0.5) is 10.5 Å². The Labute approximate surface area is 203 Å². The molecular weight excluding hydrogens is 507 g/mol. The van der Waals surface area contributed by atoms with Crippen LogP contribution in [0.25, 0.3) is 0 Å². The summed E-state index contributed by atoms with van der Waals surface area (Å²) in [5.74, 6) is 0.924. The third kappa shape index (κ3) is 7.71. The van der Waals surface area contributed by atoms with Crippen LogP contribution in [0.15, 0.2) is 35.3 Å². The van der Waals surface area contributed by atoms with Gasteiger partial charge in [-0.25, -0.2) is 4.79 Å². The van der Waals surface area contributed by atoms with E-state index in [9.17, 15) is 4.79 Å². The Morgan fingerprint density at radius 1 is 1.00 bits per heavy atom. The minimum Gasteiger partial charge on any atom is -0.450 e. The van der Waals surface area contributed by atoms with Crippen LogP contribution in [0.3, 0.4) is 0 Å². The number of piperazine rings is 2. The Bertz CT molecular complexity index is 674. The van der Waals surface area contributed by atoms with Gasteiger partial charge in [-0.1, -0.05) is 18.2 Å². The van der Waals surface area contributed by atoms with E-state index in [1.54, 1.807) is 4.90 Å². The molecule has 2 fully saturated rings. The summed E-state index contributed by atoms with van der Waals surface area (Å²) in [4.78, 5) is 25.3. The molecule has 2 saturated heterocycles. The van der Waals surface area contributed by atoms with Gasteiger partial charge in [-0.05, 0) is 32.0 Å². The summed E-state index contributed by atoms with van der Waals surface area (Å²) in [5, 5.41) is 3.49. The predicted molar refractivity (Wildman–Crippen MR) is 137 cm³/mol. The molecule has 0 atom stereocenters. The van der Waals surface area contributed by atoms with Gasteiger partial charge in [0.05, 0.1) is 6.61 Å². The Kier molecular flexibility index (Phi) is 11.2. The summed E-state index contributed by atoms with van der Waals surface area (Å²) in [6.07, 6.45) is 0.875. The summed E-state index contributed by atoms with van der Waals surface area (Å²) >= 11 is 0. The predicted octanol–water partition coefficient (Wildman–Crippen LogP) is 2.17. The van der Waals surface area contributed by atoms with Crippen LogP contribution in [0.5, 0.6) is 0 Å². The van der Waals surface area contributed by atoms with E-state index in [2.05, 4.69) is 55.3 Å². The molecule has 0 saturated carbocycles. The number of carbonyl (C=O) groups is 1. The number of hydrogen-bond acceptors (Lipinski definition) is 5. The fourth-order valence-electron chi connectivity index (χ4n) is 4.02. The van der Waals surface area contributed by atoms with Gasteiger partial charge in [0.2, 0.25) is 0 Å². The lowest BCUT2D eigenvalue weighted by Gasteiger charge is -2.37. The molecule has 31 heavy (non-hydrogen) atoms. The SMILES string of the molecule is CCOC(=O)N1CCN(C(=NC)NCCCN2CCN(c3ccccc3)CC2)CC1.I. The van der Waals surface area contributed by atoms with E-state index < -0.39 is 0 Å². The highest BCUT2D eigenvalue weighted by atomic mass is 127. The number of anilines is 1. The van der Waals surface area contributed by atoms with E-state index in [1.165, 1.54) is 5.69 Å². The van der Waals surface area contributed by atoms with Crippen molar-refractivity contribution >= 4 is 41.7 Å². The smallest absolute Gasteiger partial charge is 0.409 e. The highest BCUT2D eigenvalue weighted by Gasteiger charge is 2.23. The zero-order valence-corrected chi connectivity index (χ0v) is 21.2. The van der Waals surface area contributed by atoms with Crippen molar-refractivity contribution in [2.24, 2.45) is 4.99 Å². The summed E-state index contributed by atoms with van der Waals surface area (Å²) in [6, 6.07) is 10.7. The van der Waals surface area contributed by atoms with Crippen molar-refractivity contribution < 1.29 is 9.53 Å². The van der Waals surface area contributed by atoms with Gasteiger partial charge in [-0.2, -0.15) is 0 Å². The first kappa shape index (κ1) is 25.5. The largest absolute Gasteiger partial charge is 0.450 e. The minimum absolute atomic E-state index is 0. The molecule has 2 heterocycles. The second-order valence-electron chi connectivity index (χ2n) is 7.66. The molecule has 0 bridgehead atoms. The summed E-state index contributed by atoms with van der Waals surface area (Å²) in [7, 11) is 1.82. The number of carbonyl (C=O) groups excluding carboxylic acids is 1. The molecule has 3 rings (SSSR count). The molecule has 0 unspecified atom stereocenters. The molecule has 1 amide bonds. The molecule has 0 radical (unpaired) electrons. The number of amides is 1. The Hall–Kier alpha value is -1.75. The van der Waals surface area contributed by atoms with Gasteiger partial charge >= 0.3 is 6.09 Å². The van der Waals surface area contributed by atoms with Crippen LogP contribution in [0.2, 0.25) is 0 Å². The van der Waals surface area contributed by atoms with Gasteiger partial charge in [-0.15, -0.1) is 24.0 Å². The number of nitrogens with zero attached hydrogens (tertiary/aromatic N) is 5. The molecule has 8 nitrogen and oxygen atoms in total. The molecule has 9 heteroatoms. The van der Waals surface area contributed by atoms with E-state index >= 15 is 0 Å². The molecule has 174 valence electrons. The molecule has 0 aliphatic carbocycles. The van der Waals surface area contributed by atoms with Crippen molar-refractivity contribution in [2.75, 3.05) is 84.0 Å². The number of aliphatic imine (C=N–C) groups is 1. The molecule has 1 aromatic carbocycles. The van der Waals surface area contributed by atoms with E-state index in [-0.39, 0.29) is 30.1 Å². The second kappa shape index (κ2) is 13.6. The van der Waals surface area contributed by atoms with Crippen LogP contribution in [-0.4, -0.2) is 106 Å². The second-order valence-corrected chi connectivity index (χ2v) is 7.66. The monoisotopic (exact) mass is 544 g/mol. The Balaban J connectivity index is 0.00000341. The standard InChI is InChI=1S/C22H36N6O2.HI/c1-3-30-22(29)28-18-16-27(17-19-28)21(23-2)24-10-7-11-25-12-14-26(15-13-25)20-8-5-4-6-9-20;/h4-6,8-9H,3,7,10-19H2,1-2H3,(H,23,24);1H. The summed E-state index contributed by atoms with van der Waals surface area (Å²) in [5.41, 5.74) is 1.32. The molecule has 2 aliphatic heterocycles. The van der Waals surface area contributed by atoms with Crippen molar-refractivity contribution in [3.8, 4) is 0 Å². The molecule has 2 aliphatic rings. The quantitative estimate of drug-likeness (QED) is 0.257. The number of guanidine groups is 1. The number of halogens is 1. The van der Waals surface area contributed by atoms with Gasteiger partial charge in [-0.3, -0.25) is 9.89 Å². The van der Waals surface area contributed by atoms with Gasteiger partial charge < -0.3 is 24.8 Å². The molecule has 1 N–H and O–H groups in total. The van der Waals surface area contributed by atoms with Crippen molar-refractivity contribution in [2.45, 2.75) is 13.3 Å². The first-order chi connectivity index (χ1) is 14.7. The fourth-order valence-corrected chi connectivity index (χ4v) is 4.02. The van der Waals surface area contributed by atoms with Crippen LogP contribution in [0.1, 0.15) is 13.3 Å². The number of rotatable bonds is 6. The highest BCUT2D eigenvalue weighted by molar-refractivity contribution is 14.0. The van der Waals surface area contributed by atoms with Crippen molar-refractivity contribution in [3.05, 3.63) is 30.3 Å². The molecule has 0 spiro atoms. The van der Waals surface area contributed by atoms with Crippen LogP contribution >= 0.6 is 24.0 Å². The summed E-state index contributed by atoms with van der Waals surface area (Å²) < 4.78 is 5.09. The van der Waals surface area contributed by atoms with E-state index in [0.717, 1.165) is 64.7 Å². The minimum atomic E-state index is -0.215. The van der Waals surface area contributed by atoms with Gasteiger partial charge in [0.25, 0.3) is 0 Å². The zero-order chi connectivity index (χ0) is 21.2. The first-order valence-corrected chi connectivity index (χ1v) is 11.1. The average Bonchev–Trinajstić information content (AvgIpc) is 2.80. The first-order valence-electron chi connectivity index (χ1n) is 11.1. The maximum atomic E-state index is 11.8. The highest BCUT2D eigenvalue weighted by Crippen LogP contribution is 2.15. The van der Waals surface area contributed by atoms with Crippen LogP contribution in [0, 0.1) is 0 Å². The lowest BCUT2D eigenvalue weighted by Crippen LogP contribution is -2.54. The van der Waals surface area contributed by atoms with Gasteiger partial charge in [0, 0.05) is 71.6 Å². The van der Waals surface area contributed by atoms with Crippen molar-refractivity contribution in [1.29, 1.82) is 0 Å². The van der Waals surface area contributed by atoms with Gasteiger partial charge in [0.1, 0.15) is 0 Å². The maximum absolute atomic E-state index is 11.8. The Morgan fingerprint density at radius 2 is 1.65 bits per heavy atom. The summed E-state index contributed by atoms with van der Waals surface area (Å²) in [6.45, 7) is 11.6. The van der Waals surface area contributed by atoms with Crippen LogP contribution < -0.4 is 10.2 Å². The molecule has 0 aromatic heterocycles.